The molecule has 6 nitrogen and oxygen atoms in total. The Kier molecular flexibility index (Phi) is 4.76. The molecule has 0 aliphatic carbocycles. The van der Waals surface area contributed by atoms with Crippen LogP contribution in [-0.4, -0.2) is 24.8 Å². The molecule has 0 spiro atoms. The van der Waals surface area contributed by atoms with Gasteiger partial charge in [-0.3, -0.25) is 0 Å². The molecule has 3 heterocycles. The molecule has 0 amide bonds. The van der Waals surface area contributed by atoms with E-state index in [9.17, 15) is 13.9 Å². The van der Waals surface area contributed by atoms with Crippen molar-refractivity contribution in [3.05, 3.63) is 89.9 Å². The van der Waals surface area contributed by atoms with E-state index in [0.717, 1.165) is 35.0 Å². The van der Waals surface area contributed by atoms with Crippen molar-refractivity contribution in [1.82, 2.24) is 19.7 Å². The largest absolute Gasteiger partial charge is 0.392 e. The number of aliphatic hydroxyl groups is 1. The lowest BCUT2D eigenvalue weighted by molar-refractivity contribution is 0.282. The Morgan fingerprint density at radius 1 is 0.903 bits per heavy atom. The van der Waals surface area contributed by atoms with Gasteiger partial charge in [-0.15, -0.1) is 0 Å². The lowest BCUT2D eigenvalue weighted by Gasteiger charge is -2.04. The summed E-state index contributed by atoms with van der Waals surface area (Å²) in [7, 11) is 0. The summed E-state index contributed by atoms with van der Waals surface area (Å²) in [6.45, 7) is 0.232. The van der Waals surface area contributed by atoms with E-state index >= 15 is 0 Å². The zero-order valence-corrected chi connectivity index (χ0v) is 16.2. The van der Waals surface area contributed by atoms with Crippen molar-refractivity contribution in [3.63, 3.8) is 0 Å². The first-order chi connectivity index (χ1) is 15.1. The van der Waals surface area contributed by atoms with Gasteiger partial charge >= 0.3 is 0 Å². The van der Waals surface area contributed by atoms with E-state index in [4.69, 9.17) is 4.52 Å². The van der Waals surface area contributed by atoms with Gasteiger partial charge in [0.25, 0.3) is 0 Å². The quantitative estimate of drug-likeness (QED) is 0.454. The van der Waals surface area contributed by atoms with Crippen LogP contribution in [0.3, 0.4) is 0 Å². The summed E-state index contributed by atoms with van der Waals surface area (Å²) in [5.74, 6) is -0.0958. The van der Waals surface area contributed by atoms with Crippen LogP contribution in [0.1, 0.15) is 11.3 Å². The summed E-state index contributed by atoms with van der Waals surface area (Å²) in [5, 5.41) is 13.4. The van der Waals surface area contributed by atoms with Crippen LogP contribution < -0.4 is 0 Å². The monoisotopic (exact) mass is 418 g/mol. The minimum absolute atomic E-state index is 0.0459. The van der Waals surface area contributed by atoms with E-state index in [1.54, 1.807) is 6.07 Å². The highest BCUT2D eigenvalue weighted by Crippen LogP contribution is 2.28. The van der Waals surface area contributed by atoms with Crippen LogP contribution in [0.15, 0.2) is 71.5 Å². The number of rotatable bonds is 5. The van der Waals surface area contributed by atoms with Crippen LogP contribution in [0.25, 0.3) is 34.0 Å². The second-order valence-electron chi connectivity index (χ2n) is 7.05. The minimum atomic E-state index is -0.571. The van der Waals surface area contributed by atoms with Crippen LogP contribution in [-0.2, 0) is 13.2 Å². The Balaban J connectivity index is 1.43. The number of benzene rings is 2. The van der Waals surface area contributed by atoms with Crippen molar-refractivity contribution in [2.75, 3.05) is 0 Å². The van der Waals surface area contributed by atoms with Crippen molar-refractivity contribution < 1.29 is 18.4 Å². The molecule has 154 valence electrons. The van der Waals surface area contributed by atoms with Crippen molar-refractivity contribution in [3.8, 4) is 34.0 Å². The van der Waals surface area contributed by atoms with Gasteiger partial charge in [-0.2, -0.15) is 0 Å². The normalized spacial score (nSPS) is 11.3. The zero-order chi connectivity index (χ0) is 21.4. The third kappa shape index (κ3) is 3.69. The molecule has 5 rings (SSSR count). The number of fused-ring (bicyclic) bond motifs is 1. The van der Waals surface area contributed by atoms with Gasteiger partial charge < -0.3 is 14.2 Å². The van der Waals surface area contributed by atoms with Gasteiger partial charge in [-0.05, 0) is 29.8 Å². The number of aliphatic hydroxyl groups excluding tert-OH is 1. The average Bonchev–Trinajstić information content (AvgIpc) is 3.42. The number of pyridine rings is 1. The van der Waals surface area contributed by atoms with Crippen molar-refractivity contribution in [2.45, 2.75) is 13.2 Å². The lowest BCUT2D eigenvalue weighted by atomic mass is 10.1. The fourth-order valence-corrected chi connectivity index (χ4v) is 3.44. The van der Waals surface area contributed by atoms with Crippen LogP contribution in [0.4, 0.5) is 8.78 Å². The Labute approximate surface area is 175 Å². The third-order valence-electron chi connectivity index (χ3n) is 4.96. The van der Waals surface area contributed by atoms with E-state index in [0.29, 0.717) is 23.8 Å². The number of halogens is 2. The molecule has 8 heteroatoms. The van der Waals surface area contributed by atoms with E-state index < -0.39 is 11.6 Å². The van der Waals surface area contributed by atoms with Crippen molar-refractivity contribution in [1.29, 1.82) is 0 Å². The minimum Gasteiger partial charge on any atom is -0.392 e. The van der Waals surface area contributed by atoms with E-state index in [1.807, 2.05) is 47.3 Å². The van der Waals surface area contributed by atoms with Gasteiger partial charge in [0, 0.05) is 29.6 Å². The van der Waals surface area contributed by atoms with Gasteiger partial charge in [-0.25, -0.2) is 18.7 Å². The van der Waals surface area contributed by atoms with Crippen LogP contribution in [0.5, 0.6) is 0 Å². The first-order valence-electron chi connectivity index (χ1n) is 9.54. The SMILES string of the molecule is OCc1ccccc1-c1nc2ccn(Cc3cc(-c4cc(F)ccc4F)no3)cc-2n1. The lowest BCUT2D eigenvalue weighted by Crippen LogP contribution is -1.99. The molecule has 0 bridgehead atoms. The first-order valence-corrected chi connectivity index (χ1v) is 9.54. The Morgan fingerprint density at radius 2 is 1.74 bits per heavy atom. The molecule has 0 radical (unpaired) electrons. The predicted molar refractivity (Wildman–Crippen MR) is 109 cm³/mol. The maximum absolute atomic E-state index is 14.0. The van der Waals surface area contributed by atoms with Gasteiger partial charge in [-0.1, -0.05) is 29.4 Å². The molecule has 0 unspecified atom stereocenters. The highest BCUT2D eigenvalue weighted by molar-refractivity contribution is 5.68. The van der Waals surface area contributed by atoms with Crippen LogP contribution in [0.2, 0.25) is 0 Å². The van der Waals surface area contributed by atoms with Gasteiger partial charge in [0.05, 0.1) is 18.8 Å². The predicted octanol–water partition coefficient (Wildman–Crippen LogP) is 4.52. The molecular formula is C23H16F2N4O2. The number of hydrogen-bond acceptors (Lipinski definition) is 5. The van der Waals surface area contributed by atoms with E-state index in [-0.39, 0.29) is 17.9 Å². The summed E-state index contributed by atoms with van der Waals surface area (Å²) in [6, 6.07) is 14.0. The van der Waals surface area contributed by atoms with E-state index in [2.05, 4.69) is 15.1 Å². The summed E-state index contributed by atoms with van der Waals surface area (Å²) in [4.78, 5) is 9.14. The number of imidazole rings is 1. The fourth-order valence-electron chi connectivity index (χ4n) is 3.44. The molecule has 0 saturated carbocycles. The Bertz CT molecular complexity index is 1350. The molecule has 2 aliphatic rings. The standard InChI is InChI=1S/C23H16F2N4O2/c24-15-5-6-19(25)18(9-15)21-10-16(31-28-21)11-29-8-7-20-22(12-29)27-23(26-20)17-4-2-1-3-14(17)13-30/h1-10,12,30H,11,13H2. The van der Waals surface area contributed by atoms with Crippen LogP contribution in [0, 0.1) is 11.6 Å². The average molecular weight is 418 g/mol. The van der Waals surface area contributed by atoms with Crippen molar-refractivity contribution in [2.24, 2.45) is 0 Å². The maximum Gasteiger partial charge on any atom is 0.160 e. The Hall–Kier alpha value is -3.91. The van der Waals surface area contributed by atoms with Gasteiger partial charge in [0.15, 0.2) is 11.6 Å². The van der Waals surface area contributed by atoms with Crippen LogP contribution >= 0.6 is 0 Å². The zero-order valence-electron chi connectivity index (χ0n) is 16.2. The molecule has 0 fully saturated rings. The smallest absolute Gasteiger partial charge is 0.160 e. The fraction of sp³-hybridized carbons (Fsp3) is 0.0870. The molecule has 0 saturated heterocycles. The molecular weight excluding hydrogens is 402 g/mol. The summed E-state index contributed by atoms with van der Waals surface area (Å²) in [5.41, 5.74) is 3.21. The highest BCUT2D eigenvalue weighted by atomic mass is 19.1. The molecule has 2 aromatic carbocycles. The van der Waals surface area contributed by atoms with E-state index in [1.165, 1.54) is 0 Å². The maximum atomic E-state index is 14.0. The second kappa shape index (κ2) is 7.73. The molecule has 3 aromatic rings. The first kappa shape index (κ1) is 19.1. The molecule has 1 N–H and O–H groups in total. The summed E-state index contributed by atoms with van der Waals surface area (Å²) >= 11 is 0. The number of hydrogen-bond donors (Lipinski definition) is 1. The number of aromatic nitrogens is 4. The molecule has 1 aromatic heterocycles. The molecule has 31 heavy (non-hydrogen) atoms. The topological polar surface area (TPSA) is 77.0 Å². The van der Waals surface area contributed by atoms with Crippen molar-refractivity contribution >= 4 is 0 Å². The molecule has 2 aliphatic heterocycles. The summed E-state index contributed by atoms with van der Waals surface area (Å²) < 4.78 is 34.6. The summed E-state index contributed by atoms with van der Waals surface area (Å²) in [6.07, 6.45) is 3.64. The van der Waals surface area contributed by atoms with Gasteiger partial charge in [0.1, 0.15) is 23.0 Å². The second-order valence-corrected chi connectivity index (χ2v) is 7.05. The van der Waals surface area contributed by atoms with Gasteiger partial charge in [0.2, 0.25) is 0 Å². The Morgan fingerprint density at radius 3 is 2.61 bits per heavy atom. The number of nitrogens with zero attached hydrogens (tertiary/aromatic N) is 4. The molecule has 0 atom stereocenters. The third-order valence-corrected chi connectivity index (χ3v) is 4.96. The highest BCUT2D eigenvalue weighted by Gasteiger charge is 2.16.